The fourth-order valence-corrected chi connectivity index (χ4v) is 1.15. The van der Waals surface area contributed by atoms with Gasteiger partial charge in [-0.15, -0.1) is 0 Å². The van der Waals surface area contributed by atoms with Gasteiger partial charge in [0.2, 0.25) is 0 Å². The molecule has 2 N–H and O–H groups in total. The quantitative estimate of drug-likeness (QED) is 0.537. The van der Waals surface area contributed by atoms with Crippen molar-refractivity contribution in [1.29, 1.82) is 0 Å². The van der Waals surface area contributed by atoms with E-state index in [2.05, 4.69) is 0 Å². The normalized spacial score (nSPS) is 48.0. The van der Waals surface area contributed by atoms with Crippen molar-refractivity contribution in [3.8, 4) is 0 Å². The summed E-state index contributed by atoms with van der Waals surface area (Å²) in [5.74, 6) is 0.115. The largest absolute Gasteiger partial charge is 0.394 e. The minimum absolute atomic E-state index is 0.0999. The van der Waals surface area contributed by atoms with E-state index in [9.17, 15) is 5.11 Å². The fraction of sp³-hybridized carbons (Fsp3) is 1.00. The molecule has 3 heteroatoms. The summed E-state index contributed by atoms with van der Waals surface area (Å²) in [5.41, 5.74) is -0.852. The molecule has 1 aliphatic rings. The molecule has 1 rings (SSSR count). The van der Waals surface area contributed by atoms with Gasteiger partial charge in [-0.1, -0.05) is 6.92 Å². The summed E-state index contributed by atoms with van der Waals surface area (Å²) in [6.45, 7) is 4.05. The molecule has 0 bridgehead atoms. The van der Waals surface area contributed by atoms with Gasteiger partial charge in [-0.25, -0.2) is 0 Å². The highest BCUT2D eigenvalue weighted by Gasteiger charge is 2.43. The molecule has 0 aromatic carbocycles. The molecule has 0 aromatic heterocycles. The second-order valence-electron chi connectivity index (χ2n) is 3.13. The van der Waals surface area contributed by atoms with E-state index in [1.54, 1.807) is 6.92 Å². The molecule has 0 amide bonds. The maximum atomic E-state index is 9.64. The Hall–Kier alpha value is -0.120. The van der Waals surface area contributed by atoms with Crippen molar-refractivity contribution in [3.05, 3.63) is 0 Å². The monoisotopic (exact) mass is 146 g/mol. The van der Waals surface area contributed by atoms with Crippen LogP contribution in [0.2, 0.25) is 0 Å². The highest BCUT2D eigenvalue weighted by Crippen LogP contribution is 2.30. The molecule has 10 heavy (non-hydrogen) atoms. The van der Waals surface area contributed by atoms with Crippen LogP contribution in [0.15, 0.2) is 0 Å². The van der Waals surface area contributed by atoms with Crippen LogP contribution >= 0.6 is 0 Å². The van der Waals surface area contributed by atoms with Crippen molar-refractivity contribution in [2.45, 2.75) is 25.6 Å². The molecule has 0 radical (unpaired) electrons. The van der Waals surface area contributed by atoms with Crippen LogP contribution in [0.3, 0.4) is 0 Å². The molecule has 0 aliphatic carbocycles. The van der Waals surface area contributed by atoms with E-state index in [4.69, 9.17) is 9.84 Å². The average Bonchev–Trinajstić information content (AvgIpc) is 2.10. The van der Waals surface area contributed by atoms with Crippen LogP contribution in [0.5, 0.6) is 0 Å². The number of rotatable bonds is 1. The van der Waals surface area contributed by atoms with E-state index in [1.807, 2.05) is 6.92 Å². The smallest absolute Gasteiger partial charge is 0.109 e. The Kier molecular flexibility index (Phi) is 1.99. The maximum Gasteiger partial charge on any atom is 0.109 e. The Morgan fingerprint density at radius 1 is 1.70 bits per heavy atom. The lowest BCUT2D eigenvalue weighted by atomic mass is 9.89. The molecule has 1 fully saturated rings. The zero-order chi connectivity index (χ0) is 7.78. The zero-order valence-electron chi connectivity index (χ0n) is 6.37. The van der Waals surface area contributed by atoms with Gasteiger partial charge >= 0.3 is 0 Å². The number of ether oxygens (including phenoxy) is 1. The van der Waals surface area contributed by atoms with Gasteiger partial charge in [-0.3, -0.25) is 0 Å². The first-order valence-corrected chi connectivity index (χ1v) is 3.54. The minimum atomic E-state index is -0.852. The van der Waals surface area contributed by atoms with Crippen molar-refractivity contribution in [2.24, 2.45) is 5.92 Å². The van der Waals surface area contributed by atoms with Gasteiger partial charge in [0.15, 0.2) is 0 Å². The van der Waals surface area contributed by atoms with Crippen molar-refractivity contribution in [3.63, 3.8) is 0 Å². The van der Waals surface area contributed by atoms with Gasteiger partial charge in [0.1, 0.15) is 6.10 Å². The first kappa shape index (κ1) is 7.98. The summed E-state index contributed by atoms with van der Waals surface area (Å²) < 4.78 is 5.13. The van der Waals surface area contributed by atoms with Gasteiger partial charge in [-0.05, 0) is 6.92 Å². The number of aliphatic hydroxyl groups excluding tert-OH is 1. The van der Waals surface area contributed by atoms with Crippen LogP contribution in [-0.4, -0.2) is 35.1 Å². The molecule has 3 atom stereocenters. The van der Waals surface area contributed by atoms with E-state index >= 15 is 0 Å². The number of aliphatic hydroxyl groups is 2. The predicted octanol–water partition coefficient (Wildman–Crippen LogP) is -0.235. The van der Waals surface area contributed by atoms with Crippen LogP contribution in [0, 0.1) is 5.92 Å². The van der Waals surface area contributed by atoms with Gasteiger partial charge < -0.3 is 14.9 Å². The third kappa shape index (κ3) is 1.05. The van der Waals surface area contributed by atoms with Gasteiger partial charge in [-0.2, -0.15) is 0 Å². The Balaban J connectivity index is 2.64. The Labute approximate surface area is 60.6 Å². The molecular formula is C7H14O3. The topological polar surface area (TPSA) is 49.7 Å². The van der Waals surface area contributed by atoms with E-state index in [1.165, 1.54) is 0 Å². The zero-order valence-corrected chi connectivity index (χ0v) is 6.37. The predicted molar refractivity (Wildman–Crippen MR) is 36.6 cm³/mol. The highest BCUT2D eigenvalue weighted by molar-refractivity contribution is 4.92. The average molecular weight is 146 g/mol. The summed E-state index contributed by atoms with van der Waals surface area (Å²) in [7, 11) is 0. The van der Waals surface area contributed by atoms with E-state index in [0.29, 0.717) is 6.61 Å². The Morgan fingerprint density at radius 3 is 2.50 bits per heavy atom. The summed E-state index contributed by atoms with van der Waals surface area (Å²) in [6.07, 6.45) is -0.400. The van der Waals surface area contributed by atoms with Crippen LogP contribution in [0.25, 0.3) is 0 Å². The molecule has 60 valence electrons. The minimum Gasteiger partial charge on any atom is -0.394 e. The van der Waals surface area contributed by atoms with Crippen LogP contribution in [0.4, 0.5) is 0 Å². The molecule has 0 spiro atoms. The maximum absolute atomic E-state index is 9.64. The lowest BCUT2D eigenvalue weighted by Gasteiger charge is -2.25. The summed E-state index contributed by atoms with van der Waals surface area (Å²) in [5, 5.41) is 18.4. The third-order valence-electron chi connectivity index (χ3n) is 2.36. The van der Waals surface area contributed by atoms with Crippen LogP contribution < -0.4 is 0 Å². The molecule has 1 saturated heterocycles. The summed E-state index contributed by atoms with van der Waals surface area (Å²) in [4.78, 5) is 0. The second kappa shape index (κ2) is 2.49. The summed E-state index contributed by atoms with van der Waals surface area (Å²) in [6, 6.07) is 0. The van der Waals surface area contributed by atoms with E-state index in [-0.39, 0.29) is 12.5 Å². The lowest BCUT2D eigenvalue weighted by molar-refractivity contribution is -0.0591. The second-order valence-corrected chi connectivity index (χ2v) is 3.13. The van der Waals surface area contributed by atoms with E-state index < -0.39 is 11.7 Å². The Morgan fingerprint density at radius 2 is 2.30 bits per heavy atom. The standard InChI is InChI=1S/C7H14O3/c1-5-4-10-6(3-8)7(5,2)9/h5-6,8-9H,3-4H2,1-2H3. The molecule has 3 nitrogen and oxygen atoms in total. The van der Waals surface area contributed by atoms with Crippen molar-refractivity contribution < 1.29 is 14.9 Å². The third-order valence-corrected chi connectivity index (χ3v) is 2.36. The highest BCUT2D eigenvalue weighted by atomic mass is 16.5. The fourth-order valence-electron chi connectivity index (χ4n) is 1.15. The van der Waals surface area contributed by atoms with Crippen molar-refractivity contribution in [1.82, 2.24) is 0 Å². The van der Waals surface area contributed by atoms with Gasteiger partial charge in [0, 0.05) is 5.92 Å². The molecule has 1 heterocycles. The van der Waals surface area contributed by atoms with Gasteiger partial charge in [0.25, 0.3) is 0 Å². The molecular weight excluding hydrogens is 132 g/mol. The number of hydrogen-bond donors (Lipinski definition) is 2. The SMILES string of the molecule is CC1COC(CO)C1(C)O. The summed E-state index contributed by atoms with van der Waals surface area (Å²) >= 11 is 0. The molecule has 0 saturated carbocycles. The van der Waals surface area contributed by atoms with Crippen LogP contribution in [0.1, 0.15) is 13.8 Å². The number of hydrogen-bond acceptors (Lipinski definition) is 3. The first-order valence-electron chi connectivity index (χ1n) is 3.54. The first-order chi connectivity index (χ1) is 4.59. The van der Waals surface area contributed by atoms with Crippen molar-refractivity contribution >= 4 is 0 Å². The van der Waals surface area contributed by atoms with Crippen LogP contribution in [-0.2, 0) is 4.74 Å². The van der Waals surface area contributed by atoms with E-state index in [0.717, 1.165) is 0 Å². The van der Waals surface area contributed by atoms with Gasteiger partial charge in [0.05, 0.1) is 18.8 Å². The molecule has 0 aromatic rings. The lowest BCUT2D eigenvalue weighted by Crippen LogP contribution is -2.41. The Bertz CT molecular complexity index is 122. The van der Waals surface area contributed by atoms with Crippen molar-refractivity contribution in [2.75, 3.05) is 13.2 Å². The molecule has 1 aliphatic heterocycles. The molecule has 3 unspecified atom stereocenters.